The Kier molecular flexibility index (Phi) is 6.36. The van der Waals surface area contributed by atoms with Gasteiger partial charge in [-0.05, 0) is 61.1 Å². The second-order valence-corrected chi connectivity index (χ2v) is 9.83. The highest BCUT2D eigenvalue weighted by molar-refractivity contribution is 6.21. The van der Waals surface area contributed by atoms with Crippen LogP contribution in [0.3, 0.4) is 0 Å². The van der Waals surface area contributed by atoms with Crippen LogP contribution in [0.25, 0.3) is 0 Å². The van der Waals surface area contributed by atoms with Gasteiger partial charge in [-0.25, -0.2) is 0 Å². The van der Waals surface area contributed by atoms with Gasteiger partial charge >= 0.3 is 0 Å². The van der Waals surface area contributed by atoms with E-state index in [0.717, 1.165) is 17.5 Å². The molecule has 5 rings (SSSR count). The fraction of sp³-hybridized carbons (Fsp3) is 0.407. The fourth-order valence-corrected chi connectivity index (χ4v) is 5.70. The molecule has 0 spiro atoms. The van der Waals surface area contributed by atoms with E-state index in [2.05, 4.69) is 0 Å². The van der Waals surface area contributed by atoms with E-state index in [9.17, 15) is 14.7 Å². The van der Waals surface area contributed by atoms with E-state index in [-0.39, 0.29) is 40.6 Å². The predicted octanol–water partition coefficient (Wildman–Crippen LogP) is 4.16. The van der Waals surface area contributed by atoms with Crippen molar-refractivity contribution in [2.45, 2.75) is 43.2 Å². The molecule has 1 N–H and O–H groups in total. The number of amides is 1. The SMILES string of the molecule is COc1ccc(CCN2C(=O)C3=C(C(=O)C4CC(Cl)CCC4O3)C2c2ccc(O)cc2)cc1OC. The molecule has 1 amide bonds. The minimum absolute atomic E-state index is 0.0540. The van der Waals surface area contributed by atoms with Crippen LogP contribution in [0.1, 0.15) is 36.4 Å². The van der Waals surface area contributed by atoms with Crippen LogP contribution in [0.5, 0.6) is 17.2 Å². The molecule has 0 aromatic heterocycles. The molecule has 184 valence electrons. The van der Waals surface area contributed by atoms with E-state index in [1.54, 1.807) is 43.4 Å². The quantitative estimate of drug-likeness (QED) is 0.603. The van der Waals surface area contributed by atoms with Crippen LogP contribution in [0, 0.1) is 5.92 Å². The summed E-state index contributed by atoms with van der Waals surface area (Å²) in [5, 5.41) is 9.74. The number of nitrogens with zero attached hydrogens (tertiary/aromatic N) is 1. The number of Topliss-reactive ketones (excluding diaryl/α,β-unsaturated/α-hetero) is 1. The number of phenolic OH excluding ortho intramolecular Hbond substituents is 1. The Balaban J connectivity index is 1.47. The van der Waals surface area contributed by atoms with E-state index < -0.39 is 6.04 Å². The average molecular weight is 498 g/mol. The molecule has 0 bridgehead atoms. The number of methoxy groups -OCH3 is 2. The molecular weight excluding hydrogens is 470 g/mol. The number of carbonyl (C=O) groups is 2. The van der Waals surface area contributed by atoms with Gasteiger partial charge in [0.25, 0.3) is 5.91 Å². The Bertz CT molecular complexity index is 1180. The zero-order valence-electron chi connectivity index (χ0n) is 19.7. The fourth-order valence-electron chi connectivity index (χ4n) is 5.38. The van der Waals surface area contributed by atoms with Gasteiger partial charge in [0.2, 0.25) is 0 Å². The van der Waals surface area contributed by atoms with Crippen LogP contribution in [0.4, 0.5) is 0 Å². The summed E-state index contributed by atoms with van der Waals surface area (Å²) in [6.45, 7) is 0.372. The van der Waals surface area contributed by atoms with Crippen molar-refractivity contribution in [3.63, 3.8) is 0 Å². The molecule has 0 saturated heterocycles. The molecular formula is C27H28ClNO6. The number of ketones is 1. The Labute approximate surface area is 209 Å². The summed E-state index contributed by atoms with van der Waals surface area (Å²) >= 11 is 6.39. The summed E-state index contributed by atoms with van der Waals surface area (Å²) < 4.78 is 16.9. The number of rotatable bonds is 6. The molecule has 1 saturated carbocycles. The molecule has 4 unspecified atom stereocenters. The lowest BCUT2D eigenvalue weighted by atomic mass is 9.77. The normalized spacial score (nSPS) is 25.7. The summed E-state index contributed by atoms with van der Waals surface area (Å²) in [6, 6.07) is 11.7. The van der Waals surface area contributed by atoms with Crippen molar-refractivity contribution in [2.24, 2.45) is 5.92 Å². The van der Waals surface area contributed by atoms with Crippen molar-refractivity contribution in [3.8, 4) is 17.2 Å². The Hall–Kier alpha value is -3.19. The first-order chi connectivity index (χ1) is 16.9. The van der Waals surface area contributed by atoms with Crippen LogP contribution in [0.2, 0.25) is 0 Å². The van der Waals surface area contributed by atoms with Gasteiger partial charge in [0.1, 0.15) is 11.9 Å². The Morgan fingerprint density at radius 2 is 1.80 bits per heavy atom. The summed E-state index contributed by atoms with van der Waals surface area (Å²) in [7, 11) is 3.16. The number of hydrogen-bond acceptors (Lipinski definition) is 6. The van der Waals surface area contributed by atoms with E-state index in [1.165, 1.54) is 0 Å². The van der Waals surface area contributed by atoms with E-state index >= 15 is 0 Å². The number of benzene rings is 2. The molecule has 2 aromatic rings. The number of aromatic hydroxyl groups is 1. The maximum Gasteiger partial charge on any atom is 0.290 e. The van der Waals surface area contributed by atoms with Crippen molar-refractivity contribution >= 4 is 23.3 Å². The van der Waals surface area contributed by atoms with Crippen molar-refractivity contribution in [2.75, 3.05) is 20.8 Å². The van der Waals surface area contributed by atoms with Gasteiger partial charge in [0.15, 0.2) is 23.0 Å². The lowest BCUT2D eigenvalue weighted by molar-refractivity contribution is -0.135. The van der Waals surface area contributed by atoms with Gasteiger partial charge in [-0.3, -0.25) is 9.59 Å². The molecule has 7 nitrogen and oxygen atoms in total. The number of phenols is 1. The van der Waals surface area contributed by atoms with E-state index in [1.807, 2.05) is 18.2 Å². The molecule has 4 atom stereocenters. The van der Waals surface area contributed by atoms with Gasteiger partial charge in [-0.1, -0.05) is 18.2 Å². The molecule has 1 fully saturated rings. The topological polar surface area (TPSA) is 85.3 Å². The summed E-state index contributed by atoms with van der Waals surface area (Å²) in [5.41, 5.74) is 2.12. The zero-order valence-corrected chi connectivity index (χ0v) is 20.5. The first-order valence-corrected chi connectivity index (χ1v) is 12.2. The maximum absolute atomic E-state index is 13.7. The van der Waals surface area contributed by atoms with E-state index in [0.29, 0.717) is 42.9 Å². The van der Waals surface area contributed by atoms with Crippen LogP contribution < -0.4 is 9.47 Å². The van der Waals surface area contributed by atoms with Gasteiger partial charge in [-0.2, -0.15) is 0 Å². The molecule has 2 aliphatic heterocycles. The van der Waals surface area contributed by atoms with Gasteiger partial charge in [0.05, 0.1) is 31.8 Å². The minimum Gasteiger partial charge on any atom is -0.508 e. The monoisotopic (exact) mass is 497 g/mol. The van der Waals surface area contributed by atoms with Gasteiger partial charge in [-0.15, -0.1) is 11.6 Å². The number of halogens is 1. The van der Waals surface area contributed by atoms with Gasteiger partial charge < -0.3 is 24.2 Å². The summed E-state index contributed by atoms with van der Waals surface area (Å²) in [6.07, 6.45) is 2.20. The summed E-state index contributed by atoms with van der Waals surface area (Å²) in [5.74, 6) is 0.848. The van der Waals surface area contributed by atoms with Crippen molar-refractivity contribution < 1.29 is 28.9 Å². The molecule has 1 aliphatic carbocycles. The number of fused-ring (bicyclic) bond motifs is 1. The molecule has 35 heavy (non-hydrogen) atoms. The third-order valence-electron chi connectivity index (χ3n) is 7.18. The average Bonchev–Trinajstić information content (AvgIpc) is 3.15. The number of ether oxygens (including phenoxy) is 3. The number of hydrogen-bond donors (Lipinski definition) is 1. The highest BCUT2D eigenvalue weighted by Gasteiger charge is 2.52. The molecule has 2 aromatic carbocycles. The highest BCUT2D eigenvalue weighted by atomic mass is 35.5. The third kappa shape index (κ3) is 4.22. The lowest BCUT2D eigenvalue weighted by Crippen LogP contribution is -2.41. The minimum atomic E-state index is -0.581. The van der Waals surface area contributed by atoms with Crippen LogP contribution in [-0.2, 0) is 20.7 Å². The Morgan fingerprint density at radius 1 is 1.06 bits per heavy atom. The Morgan fingerprint density at radius 3 is 2.51 bits per heavy atom. The summed E-state index contributed by atoms with van der Waals surface area (Å²) in [4.78, 5) is 29.0. The second kappa shape index (κ2) is 9.46. The second-order valence-electron chi connectivity index (χ2n) is 9.21. The molecule has 0 radical (unpaired) electrons. The zero-order chi connectivity index (χ0) is 24.7. The third-order valence-corrected chi connectivity index (χ3v) is 7.57. The predicted molar refractivity (Wildman–Crippen MR) is 130 cm³/mol. The highest BCUT2D eigenvalue weighted by Crippen LogP contribution is 2.47. The van der Waals surface area contributed by atoms with Crippen LogP contribution in [-0.4, -0.2) is 53.9 Å². The standard InChI is InChI=1S/C27H28ClNO6/c1-33-21-9-3-15(13-22(21)34-2)11-12-29-24(16-4-7-18(30)8-5-16)23-25(31)19-14-17(28)6-10-20(19)35-26(23)27(29)32/h3-5,7-9,13,17,19-20,24,30H,6,10-12,14H2,1-2H3. The molecule has 8 heteroatoms. The van der Waals surface area contributed by atoms with E-state index in [4.69, 9.17) is 25.8 Å². The van der Waals surface area contributed by atoms with Crippen molar-refractivity contribution in [1.82, 2.24) is 4.90 Å². The smallest absolute Gasteiger partial charge is 0.290 e. The van der Waals surface area contributed by atoms with Crippen LogP contribution in [0.15, 0.2) is 53.8 Å². The molecule has 2 heterocycles. The van der Waals surface area contributed by atoms with Crippen molar-refractivity contribution in [1.29, 1.82) is 0 Å². The maximum atomic E-state index is 13.7. The molecule has 3 aliphatic rings. The first kappa shape index (κ1) is 23.5. The van der Waals surface area contributed by atoms with Crippen molar-refractivity contribution in [3.05, 3.63) is 64.9 Å². The largest absolute Gasteiger partial charge is 0.508 e. The number of carbonyl (C=O) groups excluding carboxylic acids is 2. The lowest BCUT2D eigenvalue weighted by Gasteiger charge is -2.37. The van der Waals surface area contributed by atoms with Crippen LogP contribution >= 0.6 is 11.6 Å². The number of alkyl halides is 1. The first-order valence-electron chi connectivity index (χ1n) is 11.8. The van der Waals surface area contributed by atoms with Gasteiger partial charge in [0, 0.05) is 11.9 Å².